The van der Waals surface area contributed by atoms with E-state index in [4.69, 9.17) is 4.52 Å². The lowest BCUT2D eigenvalue weighted by atomic mass is 9.96. The number of aromatic nitrogens is 1. The van der Waals surface area contributed by atoms with E-state index in [2.05, 4.69) is 15.8 Å². The van der Waals surface area contributed by atoms with Crippen LogP contribution < -0.4 is 10.6 Å². The number of halogens is 1. The highest BCUT2D eigenvalue weighted by Crippen LogP contribution is 2.42. The van der Waals surface area contributed by atoms with Gasteiger partial charge in [-0.25, -0.2) is 9.18 Å². The van der Waals surface area contributed by atoms with Crippen molar-refractivity contribution >= 4 is 6.03 Å². The zero-order valence-corrected chi connectivity index (χ0v) is 15.0. The van der Waals surface area contributed by atoms with Crippen LogP contribution in [0, 0.1) is 25.6 Å². The molecule has 1 fully saturated rings. The molecule has 0 saturated heterocycles. The number of hydrogen-bond donors (Lipinski definition) is 2. The Bertz CT molecular complexity index is 881. The van der Waals surface area contributed by atoms with Gasteiger partial charge >= 0.3 is 6.03 Å². The molecule has 1 unspecified atom stereocenters. The molecule has 1 aliphatic carbocycles. The van der Waals surface area contributed by atoms with Crippen LogP contribution in [-0.4, -0.2) is 23.1 Å². The maximum Gasteiger partial charge on any atom is 0.323 e. The van der Waals surface area contributed by atoms with E-state index in [9.17, 15) is 9.18 Å². The molecule has 1 aromatic heterocycles. The van der Waals surface area contributed by atoms with Gasteiger partial charge in [-0.3, -0.25) is 4.90 Å². The van der Waals surface area contributed by atoms with Crippen LogP contribution in [-0.2, 0) is 0 Å². The van der Waals surface area contributed by atoms with Gasteiger partial charge in [-0.1, -0.05) is 11.2 Å². The molecule has 1 atom stereocenters. The van der Waals surface area contributed by atoms with Crippen molar-refractivity contribution in [3.05, 3.63) is 52.9 Å². The van der Waals surface area contributed by atoms with Crippen molar-refractivity contribution in [2.24, 2.45) is 5.92 Å². The smallest absolute Gasteiger partial charge is 0.323 e. The molecular weight excluding hydrogens is 335 g/mol. The maximum atomic E-state index is 14.0. The summed E-state index contributed by atoms with van der Waals surface area (Å²) in [4.78, 5) is 14.0. The quantitative estimate of drug-likeness (QED) is 0.882. The molecule has 2 aromatic rings. The predicted molar refractivity (Wildman–Crippen MR) is 94.3 cm³/mol. The fraction of sp³-hybridized carbons (Fsp3) is 0.368. The lowest BCUT2D eigenvalue weighted by molar-refractivity contribution is 0.203. The first-order valence-electron chi connectivity index (χ1n) is 8.70. The number of nitrogens with zero attached hydrogens (tertiary/aromatic N) is 2. The van der Waals surface area contributed by atoms with Gasteiger partial charge in [0.25, 0.3) is 0 Å². The van der Waals surface area contributed by atoms with Crippen LogP contribution in [0.25, 0.3) is 11.1 Å². The summed E-state index contributed by atoms with van der Waals surface area (Å²) < 4.78 is 19.3. The third kappa shape index (κ3) is 2.73. The zero-order valence-electron chi connectivity index (χ0n) is 15.0. The number of carbonyl (C=O) groups is 1. The molecule has 2 amide bonds. The van der Waals surface area contributed by atoms with E-state index in [1.807, 2.05) is 13.1 Å². The van der Waals surface area contributed by atoms with Gasteiger partial charge in [0, 0.05) is 36.0 Å². The van der Waals surface area contributed by atoms with Gasteiger partial charge in [-0.05, 0) is 44.4 Å². The van der Waals surface area contributed by atoms with Crippen molar-refractivity contribution in [1.29, 1.82) is 0 Å². The number of aryl methyl sites for hydroxylation is 2. The summed E-state index contributed by atoms with van der Waals surface area (Å²) in [6, 6.07) is 4.39. The van der Waals surface area contributed by atoms with Gasteiger partial charge in [-0.2, -0.15) is 0 Å². The Hall–Kier alpha value is -2.83. The van der Waals surface area contributed by atoms with Crippen molar-refractivity contribution in [2.45, 2.75) is 32.9 Å². The van der Waals surface area contributed by atoms with Gasteiger partial charge in [0.2, 0.25) is 0 Å². The Labute approximate surface area is 151 Å². The number of urea groups is 1. The Morgan fingerprint density at radius 3 is 2.77 bits per heavy atom. The van der Waals surface area contributed by atoms with Crippen LogP contribution in [0.3, 0.4) is 0 Å². The van der Waals surface area contributed by atoms with Crippen LogP contribution in [0.1, 0.15) is 36.0 Å². The molecule has 4 rings (SSSR count). The van der Waals surface area contributed by atoms with E-state index in [-0.39, 0.29) is 11.8 Å². The molecule has 1 aliphatic heterocycles. The topological polar surface area (TPSA) is 70.4 Å². The molecule has 136 valence electrons. The van der Waals surface area contributed by atoms with Crippen LogP contribution >= 0.6 is 0 Å². The maximum absolute atomic E-state index is 14.0. The highest BCUT2D eigenvalue weighted by atomic mass is 19.1. The van der Waals surface area contributed by atoms with Crippen LogP contribution in [0.15, 0.2) is 34.6 Å². The fourth-order valence-corrected chi connectivity index (χ4v) is 3.49. The molecule has 2 N–H and O–H groups in total. The molecule has 0 spiro atoms. The van der Waals surface area contributed by atoms with E-state index >= 15 is 0 Å². The minimum absolute atomic E-state index is 0.216. The lowest BCUT2D eigenvalue weighted by Crippen LogP contribution is -2.38. The second kappa shape index (κ2) is 6.16. The van der Waals surface area contributed by atoms with Crippen LogP contribution in [0.4, 0.5) is 9.18 Å². The molecule has 2 aliphatic rings. The van der Waals surface area contributed by atoms with Crippen LogP contribution in [0.5, 0.6) is 0 Å². The van der Waals surface area contributed by atoms with Crippen LogP contribution in [0.2, 0.25) is 0 Å². The zero-order chi connectivity index (χ0) is 18.4. The molecule has 2 heterocycles. The van der Waals surface area contributed by atoms with E-state index in [1.165, 1.54) is 12.1 Å². The average molecular weight is 356 g/mol. The highest BCUT2D eigenvalue weighted by molar-refractivity contribution is 5.78. The summed E-state index contributed by atoms with van der Waals surface area (Å²) in [7, 11) is 1.60. The van der Waals surface area contributed by atoms with Crippen molar-refractivity contribution in [3.63, 3.8) is 0 Å². The van der Waals surface area contributed by atoms with E-state index in [0.29, 0.717) is 22.9 Å². The number of benzene rings is 1. The predicted octanol–water partition coefficient (Wildman–Crippen LogP) is 3.59. The van der Waals surface area contributed by atoms with Crippen molar-refractivity contribution in [1.82, 2.24) is 20.7 Å². The molecule has 6 nitrogen and oxygen atoms in total. The second-order valence-electron chi connectivity index (χ2n) is 6.80. The first kappa shape index (κ1) is 16.6. The molecule has 1 saturated carbocycles. The molecule has 0 bridgehead atoms. The number of amides is 2. The first-order chi connectivity index (χ1) is 12.5. The minimum Gasteiger partial charge on any atom is -0.363 e. The molecular formula is C19H21FN4O2. The largest absolute Gasteiger partial charge is 0.363 e. The minimum atomic E-state index is -0.408. The summed E-state index contributed by atoms with van der Waals surface area (Å²) >= 11 is 0. The Kier molecular flexibility index (Phi) is 3.94. The number of nitrogens with one attached hydrogen (secondary N) is 2. The van der Waals surface area contributed by atoms with Crippen molar-refractivity contribution in [3.8, 4) is 11.1 Å². The standard InChI is InChI=1S/C19H21FN4O2/c1-10-17(11(2)26-23-10)15-8-13(20)6-7-14(15)18-22-16(12-4-5-12)9-24(18)19(25)21-3/h6-9,12,18,22H,4-5H2,1-3H3,(H,21,25). The summed E-state index contributed by atoms with van der Waals surface area (Å²) in [6.07, 6.45) is 3.69. The summed E-state index contributed by atoms with van der Waals surface area (Å²) in [5.41, 5.74) is 3.98. The molecule has 0 radical (unpaired) electrons. The fourth-order valence-electron chi connectivity index (χ4n) is 3.49. The SMILES string of the molecule is CNC(=O)N1C=C(C2CC2)NC1c1ccc(F)cc1-c1c(C)noc1C. The van der Waals surface area contributed by atoms with Gasteiger partial charge < -0.3 is 15.2 Å². The summed E-state index contributed by atoms with van der Waals surface area (Å²) in [5, 5.41) is 10.1. The van der Waals surface area contributed by atoms with E-state index in [0.717, 1.165) is 29.7 Å². The van der Waals surface area contributed by atoms with Gasteiger partial charge in [0.15, 0.2) is 0 Å². The Morgan fingerprint density at radius 2 is 2.15 bits per heavy atom. The van der Waals surface area contributed by atoms with Gasteiger partial charge in [0.1, 0.15) is 17.7 Å². The number of hydrogen-bond acceptors (Lipinski definition) is 4. The van der Waals surface area contributed by atoms with Crippen molar-refractivity contribution < 1.29 is 13.7 Å². The number of carbonyl (C=O) groups excluding carboxylic acids is 1. The second-order valence-corrected chi connectivity index (χ2v) is 6.80. The Balaban J connectivity index is 1.81. The van der Waals surface area contributed by atoms with Crippen molar-refractivity contribution in [2.75, 3.05) is 7.05 Å². The van der Waals surface area contributed by atoms with E-state index in [1.54, 1.807) is 24.9 Å². The highest BCUT2D eigenvalue weighted by Gasteiger charge is 2.37. The molecule has 7 heteroatoms. The lowest BCUT2D eigenvalue weighted by Gasteiger charge is -2.26. The number of rotatable bonds is 3. The summed E-state index contributed by atoms with van der Waals surface area (Å²) in [5.74, 6) is 0.743. The summed E-state index contributed by atoms with van der Waals surface area (Å²) in [6.45, 7) is 3.63. The third-order valence-corrected chi connectivity index (χ3v) is 4.94. The average Bonchev–Trinajstić information content (AvgIpc) is 3.30. The van der Waals surface area contributed by atoms with Gasteiger partial charge in [-0.15, -0.1) is 0 Å². The van der Waals surface area contributed by atoms with Gasteiger partial charge in [0.05, 0.1) is 5.69 Å². The van der Waals surface area contributed by atoms with E-state index < -0.39 is 6.17 Å². The third-order valence-electron chi connectivity index (χ3n) is 4.94. The molecule has 26 heavy (non-hydrogen) atoms. The number of allylic oxidation sites excluding steroid dienone is 1. The normalized spacial score (nSPS) is 19.3. The Morgan fingerprint density at radius 1 is 1.38 bits per heavy atom. The first-order valence-corrected chi connectivity index (χ1v) is 8.70. The molecule has 1 aromatic carbocycles. The monoisotopic (exact) mass is 356 g/mol.